The van der Waals surface area contributed by atoms with Crippen molar-refractivity contribution in [1.82, 2.24) is 20.2 Å². The molecule has 2 aromatic rings. The molecular weight excluding hydrogens is 471 g/mol. The third kappa shape index (κ3) is 5.29. The summed E-state index contributed by atoms with van der Waals surface area (Å²) in [6.07, 6.45) is 8.35. The van der Waals surface area contributed by atoms with Gasteiger partial charge in [0.05, 0.1) is 11.6 Å². The quantitative estimate of drug-likeness (QED) is 0.511. The first kappa shape index (κ1) is 24.6. The Bertz CT molecular complexity index is 1150. The smallest absolute Gasteiger partial charge is 0.416 e. The van der Waals surface area contributed by atoms with Gasteiger partial charge in [0.25, 0.3) is 0 Å². The number of carbonyl (C=O) groups is 1. The number of benzene rings is 1. The van der Waals surface area contributed by atoms with Crippen LogP contribution in [0.15, 0.2) is 30.5 Å². The van der Waals surface area contributed by atoms with E-state index >= 15 is 4.39 Å². The molecule has 0 spiro atoms. The number of ether oxygens (including phenoxy) is 1. The highest BCUT2D eigenvalue weighted by Crippen LogP contribution is 2.47. The van der Waals surface area contributed by atoms with Crippen LogP contribution in [0.1, 0.15) is 69.5 Å². The van der Waals surface area contributed by atoms with Crippen LogP contribution in [0.4, 0.5) is 21.0 Å². The van der Waals surface area contributed by atoms with Gasteiger partial charge in [0.2, 0.25) is 5.95 Å². The van der Waals surface area contributed by atoms with Gasteiger partial charge >= 0.3 is 6.09 Å². The van der Waals surface area contributed by atoms with Crippen LogP contribution in [-0.2, 0) is 11.3 Å². The summed E-state index contributed by atoms with van der Waals surface area (Å²) in [7, 11) is 0. The molecule has 4 aliphatic rings. The largest absolute Gasteiger partial charge is 0.447 e. The molecule has 8 nitrogen and oxygen atoms in total. The first-order valence-corrected chi connectivity index (χ1v) is 13.7. The topological polar surface area (TPSA) is 82.6 Å². The van der Waals surface area contributed by atoms with E-state index in [0.29, 0.717) is 36.9 Å². The van der Waals surface area contributed by atoms with Crippen LogP contribution in [0.3, 0.4) is 0 Å². The molecule has 0 radical (unpaired) electrons. The normalized spacial score (nSPS) is 25.8. The summed E-state index contributed by atoms with van der Waals surface area (Å²) in [4.78, 5) is 25.5. The summed E-state index contributed by atoms with van der Waals surface area (Å²) in [6.45, 7) is 7.04. The molecule has 1 aromatic carbocycles. The Hall–Kier alpha value is -2.78. The molecule has 2 aliphatic heterocycles. The highest BCUT2D eigenvalue weighted by atomic mass is 19.1. The lowest BCUT2D eigenvalue weighted by molar-refractivity contribution is 0.172. The number of piperidine rings is 1. The second-order valence-electron chi connectivity index (χ2n) is 11.5. The number of carbonyl (C=O) groups excluding carboxylic acids is 1. The van der Waals surface area contributed by atoms with Crippen molar-refractivity contribution in [3.05, 3.63) is 47.4 Å². The number of halogens is 1. The first-order valence-electron chi connectivity index (χ1n) is 13.7. The molecule has 0 bridgehead atoms. The SMILES string of the molecule is C[C@H](Nc1nccc(N2C(=O)OC[C@]2(C)C2CC2)n1)c1ccc(CN2CCC(NC3CC3)CC2)c(F)c1. The minimum absolute atomic E-state index is 0.181. The van der Waals surface area contributed by atoms with Gasteiger partial charge in [0.1, 0.15) is 18.2 Å². The summed E-state index contributed by atoms with van der Waals surface area (Å²) < 4.78 is 20.5. The zero-order valence-corrected chi connectivity index (χ0v) is 21.8. The molecule has 0 unspecified atom stereocenters. The Kier molecular flexibility index (Phi) is 6.52. The van der Waals surface area contributed by atoms with Crippen LogP contribution in [0.5, 0.6) is 0 Å². The maximum absolute atomic E-state index is 15.1. The van der Waals surface area contributed by atoms with E-state index in [0.717, 1.165) is 55.9 Å². The fraction of sp³-hybridized carbons (Fsp3) is 0.607. The van der Waals surface area contributed by atoms with Crippen LogP contribution in [-0.4, -0.2) is 58.3 Å². The van der Waals surface area contributed by atoms with Gasteiger partial charge in [-0.1, -0.05) is 12.1 Å². The van der Waals surface area contributed by atoms with Gasteiger partial charge in [-0.2, -0.15) is 4.98 Å². The van der Waals surface area contributed by atoms with Gasteiger partial charge in [-0.15, -0.1) is 0 Å². The van der Waals surface area contributed by atoms with E-state index in [1.807, 2.05) is 19.1 Å². The van der Waals surface area contributed by atoms with Crippen molar-refractivity contribution in [1.29, 1.82) is 0 Å². The van der Waals surface area contributed by atoms with Gasteiger partial charge in [0.15, 0.2) is 0 Å². The fourth-order valence-corrected chi connectivity index (χ4v) is 5.77. The summed E-state index contributed by atoms with van der Waals surface area (Å²) in [5.41, 5.74) is 1.18. The maximum Gasteiger partial charge on any atom is 0.416 e. The van der Waals surface area contributed by atoms with Crippen molar-refractivity contribution in [3.8, 4) is 0 Å². The molecule has 2 aliphatic carbocycles. The van der Waals surface area contributed by atoms with Gasteiger partial charge < -0.3 is 15.4 Å². The number of rotatable bonds is 9. The molecule has 2 atom stereocenters. The van der Waals surface area contributed by atoms with E-state index in [1.54, 1.807) is 23.2 Å². The van der Waals surface area contributed by atoms with Crippen molar-refractivity contribution >= 4 is 17.9 Å². The Morgan fingerprint density at radius 3 is 2.59 bits per heavy atom. The van der Waals surface area contributed by atoms with Crippen molar-refractivity contribution in [2.24, 2.45) is 5.92 Å². The predicted molar refractivity (Wildman–Crippen MR) is 140 cm³/mol. The number of nitrogens with one attached hydrogen (secondary N) is 2. The van der Waals surface area contributed by atoms with E-state index in [2.05, 4.69) is 32.4 Å². The standard InChI is InChI=1S/C28H37FN6O2/c1-18(31-26-30-12-9-25(33-26)35-27(36)37-17-28(35,2)21-5-6-21)19-3-4-20(24(29)15-19)16-34-13-10-23(11-14-34)32-22-7-8-22/h3-4,9,12,15,18,21-23,32H,5-8,10-11,13-14,16-17H2,1-2H3,(H,30,31,33)/t18-,28+/m0/s1. The number of cyclic esters (lactones) is 1. The van der Waals surface area contributed by atoms with E-state index < -0.39 is 0 Å². The van der Waals surface area contributed by atoms with Gasteiger partial charge in [0, 0.05) is 30.4 Å². The average Bonchev–Trinajstić information content (AvgIpc) is 3.81. The summed E-state index contributed by atoms with van der Waals surface area (Å²) >= 11 is 0. The van der Waals surface area contributed by atoms with Crippen molar-refractivity contribution in [2.45, 2.75) is 82.6 Å². The molecule has 1 amide bonds. The molecular formula is C28H37FN6O2. The number of amides is 1. The monoisotopic (exact) mass is 508 g/mol. The van der Waals surface area contributed by atoms with E-state index in [-0.39, 0.29) is 23.5 Å². The van der Waals surface area contributed by atoms with Crippen molar-refractivity contribution < 1.29 is 13.9 Å². The third-order valence-electron chi connectivity index (χ3n) is 8.46. The highest BCUT2D eigenvalue weighted by Gasteiger charge is 2.54. The number of aromatic nitrogens is 2. The van der Waals surface area contributed by atoms with Crippen LogP contribution in [0.25, 0.3) is 0 Å². The Morgan fingerprint density at radius 1 is 1.14 bits per heavy atom. The zero-order valence-electron chi connectivity index (χ0n) is 21.8. The third-order valence-corrected chi connectivity index (χ3v) is 8.46. The lowest BCUT2D eigenvalue weighted by atomic mass is 9.96. The van der Waals surface area contributed by atoms with E-state index in [1.165, 1.54) is 12.8 Å². The number of hydrogen-bond donors (Lipinski definition) is 2. The maximum atomic E-state index is 15.1. The lowest BCUT2D eigenvalue weighted by Crippen LogP contribution is -2.47. The Balaban J connectivity index is 1.08. The minimum atomic E-state index is -0.379. The molecule has 9 heteroatoms. The molecule has 4 fully saturated rings. The van der Waals surface area contributed by atoms with Crippen LogP contribution in [0.2, 0.25) is 0 Å². The van der Waals surface area contributed by atoms with Gasteiger partial charge in [-0.25, -0.2) is 14.2 Å². The molecule has 37 heavy (non-hydrogen) atoms. The zero-order chi connectivity index (χ0) is 25.6. The van der Waals surface area contributed by atoms with Crippen LogP contribution < -0.4 is 15.5 Å². The second kappa shape index (κ2) is 9.83. The molecule has 6 rings (SSSR count). The molecule has 2 N–H and O–H groups in total. The second-order valence-corrected chi connectivity index (χ2v) is 11.5. The summed E-state index contributed by atoms with van der Waals surface area (Å²) in [5.74, 6) is 1.17. The van der Waals surface area contributed by atoms with Gasteiger partial charge in [-0.3, -0.25) is 9.80 Å². The summed E-state index contributed by atoms with van der Waals surface area (Å²) in [6, 6.07) is 8.37. The number of likely N-dealkylation sites (tertiary alicyclic amines) is 1. The minimum Gasteiger partial charge on any atom is -0.447 e. The molecule has 1 aromatic heterocycles. The molecule has 2 saturated carbocycles. The van der Waals surface area contributed by atoms with Crippen LogP contribution >= 0.6 is 0 Å². The van der Waals surface area contributed by atoms with Gasteiger partial charge in [-0.05, 0) is 89.1 Å². The number of nitrogens with zero attached hydrogens (tertiary/aromatic N) is 4. The molecule has 198 valence electrons. The average molecular weight is 509 g/mol. The molecule has 3 heterocycles. The van der Waals surface area contributed by atoms with Crippen molar-refractivity contribution in [2.75, 3.05) is 29.9 Å². The first-order chi connectivity index (χ1) is 17.9. The van der Waals surface area contributed by atoms with Crippen molar-refractivity contribution in [3.63, 3.8) is 0 Å². The lowest BCUT2D eigenvalue weighted by Gasteiger charge is -2.32. The highest BCUT2D eigenvalue weighted by molar-refractivity contribution is 5.90. The number of anilines is 2. The van der Waals surface area contributed by atoms with Crippen LogP contribution in [0, 0.1) is 11.7 Å². The number of hydrogen-bond acceptors (Lipinski definition) is 7. The Labute approximate surface area is 218 Å². The Morgan fingerprint density at radius 2 is 1.89 bits per heavy atom. The van der Waals surface area contributed by atoms with E-state index in [4.69, 9.17) is 4.74 Å². The van der Waals surface area contributed by atoms with E-state index in [9.17, 15) is 4.79 Å². The molecule has 2 saturated heterocycles. The predicted octanol–water partition coefficient (Wildman–Crippen LogP) is 4.63. The summed E-state index contributed by atoms with van der Waals surface area (Å²) in [5, 5.41) is 7.00. The fourth-order valence-electron chi connectivity index (χ4n) is 5.77.